The third-order valence-corrected chi connectivity index (χ3v) is 3.24. The molecule has 0 amide bonds. The van der Waals surface area contributed by atoms with E-state index in [1.165, 1.54) is 19.0 Å². The monoisotopic (exact) mass is 251 g/mol. The summed E-state index contributed by atoms with van der Waals surface area (Å²) in [5.74, 6) is 1.46. The molecule has 1 fully saturated rings. The molecule has 1 aliphatic rings. The molecule has 4 heteroatoms. The molecule has 1 aromatic rings. The number of hydrogen-bond donors (Lipinski definition) is 1. The lowest BCUT2D eigenvalue weighted by Crippen LogP contribution is -2.24. The van der Waals surface area contributed by atoms with Gasteiger partial charge in [-0.3, -0.25) is 0 Å². The van der Waals surface area contributed by atoms with Gasteiger partial charge in [-0.25, -0.2) is 9.37 Å². The standard InChI is InChI=1S/C14H22FN3/c1-3-6-16-8-12-7-13(15)9-17-14(12)18(2)10-11-4-5-11/h7,9,11,16H,3-6,8,10H2,1-2H3. The fraction of sp³-hybridized carbons (Fsp3) is 0.643. The quantitative estimate of drug-likeness (QED) is 0.755. The van der Waals surface area contributed by atoms with Gasteiger partial charge in [0.2, 0.25) is 0 Å². The van der Waals surface area contributed by atoms with Gasteiger partial charge in [-0.05, 0) is 37.8 Å². The van der Waals surface area contributed by atoms with E-state index in [0.717, 1.165) is 36.8 Å². The van der Waals surface area contributed by atoms with Crippen LogP contribution < -0.4 is 10.2 Å². The molecule has 0 spiro atoms. The molecule has 3 nitrogen and oxygen atoms in total. The second-order valence-electron chi connectivity index (χ2n) is 5.14. The topological polar surface area (TPSA) is 28.2 Å². The number of rotatable bonds is 7. The zero-order valence-corrected chi connectivity index (χ0v) is 11.2. The molecular formula is C14H22FN3. The molecule has 0 atom stereocenters. The summed E-state index contributed by atoms with van der Waals surface area (Å²) in [6, 6.07) is 1.59. The normalized spacial score (nSPS) is 14.8. The number of anilines is 1. The van der Waals surface area contributed by atoms with E-state index in [1.807, 2.05) is 7.05 Å². The maximum Gasteiger partial charge on any atom is 0.141 e. The number of pyridine rings is 1. The summed E-state index contributed by atoms with van der Waals surface area (Å²) in [7, 11) is 2.04. The summed E-state index contributed by atoms with van der Waals surface area (Å²) >= 11 is 0. The van der Waals surface area contributed by atoms with Crippen molar-refractivity contribution >= 4 is 5.82 Å². The van der Waals surface area contributed by atoms with Gasteiger partial charge in [-0.1, -0.05) is 6.92 Å². The minimum atomic E-state index is -0.258. The molecule has 0 radical (unpaired) electrons. The number of nitrogens with one attached hydrogen (secondary N) is 1. The van der Waals surface area contributed by atoms with Crippen molar-refractivity contribution in [2.45, 2.75) is 32.7 Å². The van der Waals surface area contributed by atoms with Gasteiger partial charge in [0, 0.05) is 25.7 Å². The maximum atomic E-state index is 13.3. The van der Waals surface area contributed by atoms with E-state index in [2.05, 4.69) is 22.1 Å². The Kier molecular flexibility index (Phi) is 4.53. The lowest BCUT2D eigenvalue weighted by molar-refractivity contribution is 0.609. The van der Waals surface area contributed by atoms with Crippen LogP contribution in [-0.4, -0.2) is 25.1 Å². The summed E-state index contributed by atoms with van der Waals surface area (Å²) < 4.78 is 13.3. The highest BCUT2D eigenvalue weighted by Gasteiger charge is 2.24. The van der Waals surface area contributed by atoms with Crippen molar-refractivity contribution in [1.82, 2.24) is 10.3 Å². The van der Waals surface area contributed by atoms with Gasteiger partial charge < -0.3 is 10.2 Å². The Labute approximate surface area is 108 Å². The third-order valence-electron chi connectivity index (χ3n) is 3.24. The van der Waals surface area contributed by atoms with Crippen molar-refractivity contribution in [3.05, 3.63) is 23.6 Å². The summed E-state index contributed by atoms with van der Waals surface area (Å²) in [5.41, 5.74) is 0.951. The molecule has 0 aromatic carbocycles. The van der Waals surface area contributed by atoms with Gasteiger partial charge in [-0.15, -0.1) is 0 Å². The molecule has 18 heavy (non-hydrogen) atoms. The molecular weight excluding hydrogens is 229 g/mol. The Morgan fingerprint density at radius 2 is 2.28 bits per heavy atom. The molecule has 1 saturated carbocycles. The zero-order chi connectivity index (χ0) is 13.0. The molecule has 1 N–H and O–H groups in total. The summed E-state index contributed by atoms with van der Waals surface area (Å²) in [6.07, 6.45) is 5.02. The molecule has 1 aliphatic carbocycles. The Morgan fingerprint density at radius 1 is 1.50 bits per heavy atom. The Hall–Kier alpha value is -1.16. The molecule has 2 rings (SSSR count). The predicted octanol–water partition coefficient (Wildman–Crippen LogP) is 2.57. The van der Waals surface area contributed by atoms with Crippen molar-refractivity contribution in [2.24, 2.45) is 5.92 Å². The van der Waals surface area contributed by atoms with Crippen LogP contribution >= 0.6 is 0 Å². The number of hydrogen-bond acceptors (Lipinski definition) is 3. The van der Waals surface area contributed by atoms with Crippen molar-refractivity contribution in [3.63, 3.8) is 0 Å². The number of nitrogens with zero attached hydrogens (tertiary/aromatic N) is 2. The third kappa shape index (κ3) is 3.67. The van der Waals surface area contributed by atoms with Crippen LogP contribution in [0.5, 0.6) is 0 Å². The van der Waals surface area contributed by atoms with E-state index >= 15 is 0 Å². The van der Waals surface area contributed by atoms with E-state index in [-0.39, 0.29) is 5.82 Å². The molecule has 0 aliphatic heterocycles. The summed E-state index contributed by atoms with van der Waals surface area (Å²) in [5, 5.41) is 3.31. The highest BCUT2D eigenvalue weighted by atomic mass is 19.1. The Balaban J connectivity index is 2.05. The van der Waals surface area contributed by atoms with Crippen LogP contribution in [-0.2, 0) is 6.54 Å². The average Bonchev–Trinajstić information content (AvgIpc) is 3.13. The second kappa shape index (κ2) is 6.14. The van der Waals surface area contributed by atoms with Gasteiger partial charge in [-0.2, -0.15) is 0 Å². The van der Waals surface area contributed by atoms with Gasteiger partial charge in [0.15, 0.2) is 0 Å². The molecule has 1 heterocycles. The van der Waals surface area contributed by atoms with E-state index < -0.39 is 0 Å². The van der Waals surface area contributed by atoms with Crippen molar-refractivity contribution in [2.75, 3.05) is 25.0 Å². The first-order valence-electron chi connectivity index (χ1n) is 6.77. The van der Waals surface area contributed by atoms with Gasteiger partial charge in [0.25, 0.3) is 0 Å². The molecule has 0 unspecified atom stereocenters. The van der Waals surface area contributed by atoms with Crippen molar-refractivity contribution in [1.29, 1.82) is 0 Å². The first-order valence-corrected chi connectivity index (χ1v) is 6.77. The van der Waals surface area contributed by atoms with Crippen LogP contribution in [0.3, 0.4) is 0 Å². The average molecular weight is 251 g/mol. The number of halogens is 1. The van der Waals surface area contributed by atoms with Crippen LogP contribution in [0.25, 0.3) is 0 Å². The highest BCUT2D eigenvalue weighted by Crippen LogP contribution is 2.31. The summed E-state index contributed by atoms with van der Waals surface area (Å²) in [4.78, 5) is 6.40. The van der Waals surface area contributed by atoms with Crippen LogP contribution in [0.15, 0.2) is 12.3 Å². The lowest BCUT2D eigenvalue weighted by Gasteiger charge is -2.21. The largest absolute Gasteiger partial charge is 0.359 e. The first-order chi connectivity index (χ1) is 8.70. The summed E-state index contributed by atoms with van der Waals surface area (Å²) in [6.45, 7) is 4.78. The van der Waals surface area contributed by atoms with Crippen LogP contribution in [0.4, 0.5) is 10.2 Å². The van der Waals surface area contributed by atoms with Crippen LogP contribution in [0.1, 0.15) is 31.7 Å². The highest BCUT2D eigenvalue weighted by molar-refractivity contribution is 5.46. The molecule has 1 aromatic heterocycles. The van der Waals surface area contributed by atoms with E-state index in [9.17, 15) is 4.39 Å². The fourth-order valence-electron chi connectivity index (χ4n) is 2.12. The Bertz CT molecular complexity index is 391. The van der Waals surface area contributed by atoms with Gasteiger partial charge >= 0.3 is 0 Å². The van der Waals surface area contributed by atoms with E-state index in [0.29, 0.717) is 6.54 Å². The van der Waals surface area contributed by atoms with Gasteiger partial charge in [0.05, 0.1) is 6.20 Å². The van der Waals surface area contributed by atoms with Crippen molar-refractivity contribution in [3.8, 4) is 0 Å². The molecule has 0 bridgehead atoms. The lowest BCUT2D eigenvalue weighted by atomic mass is 10.2. The van der Waals surface area contributed by atoms with E-state index in [1.54, 1.807) is 6.07 Å². The minimum Gasteiger partial charge on any atom is -0.359 e. The zero-order valence-electron chi connectivity index (χ0n) is 11.2. The number of aromatic nitrogens is 1. The predicted molar refractivity (Wildman–Crippen MR) is 72.2 cm³/mol. The van der Waals surface area contributed by atoms with Crippen LogP contribution in [0.2, 0.25) is 0 Å². The first kappa shape index (κ1) is 13.3. The fourth-order valence-corrected chi connectivity index (χ4v) is 2.12. The van der Waals surface area contributed by atoms with Crippen molar-refractivity contribution < 1.29 is 4.39 Å². The van der Waals surface area contributed by atoms with E-state index in [4.69, 9.17) is 0 Å². The van der Waals surface area contributed by atoms with Crippen LogP contribution in [0, 0.1) is 11.7 Å². The minimum absolute atomic E-state index is 0.258. The SMILES string of the molecule is CCCNCc1cc(F)cnc1N(C)CC1CC1. The Morgan fingerprint density at radius 3 is 2.94 bits per heavy atom. The maximum absolute atomic E-state index is 13.3. The van der Waals surface area contributed by atoms with Gasteiger partial charge in [0.1, 0.15) is 11.6 Å². The molecule has 0 saturated heterocycles. The molecule has 100 valence electrons. The second-order valence-corrected chi connectivity index (χ2v) is 5.14. The smallest absolute Gasteiger partial charge is 0.141 e.